The number of alkyl halides is 3. The average molecular weight is 551 g/mol. The number of hydrogen-bond acceptors (Lipinski definition) is 6. The van der Waals surface area contributed by atoms with E-state index >= 15 is 0 Å². The van der Waals surface area contributed by atoms with E-state index in [9.17, 15) is 31.2 Å². The Morgan fingerprint density at radius 1 is 1.14 bits per heavy atom. The van der Waals surface area contributed by atoms with Crippen molar-refractivity contribution in [3.63, 3.8) is 0 Å². The zero-order valence-corrected chi connectivity index (χ0v) is 21.3. The number of halogens is 3. The van der Waals surface area contributed by atoms with Crippen molar-refractivity contribution in [1.82, 2.24) is 20.3 Å². The van der Waals surface area contributed by atoms with Gasteiger partial charge in [0.15, 0.2) is 0 Å². The quantitative estimate of drug-likeness (QED) is 0.376. The first-order valence-electron chi connectivity index (χ1n) is 11.9. The molecule has 0 spiro atoms. The van der Waals surface area contributed by atoms with Crippen molar-refractivity contribution in [3.05, 3.63) is 35.9 Å². The molecular weight excluding hydrogens is 517 g/mol. The minimum absolute atomic E-state index is 0.141. The van der Waals surface area contributed by atoms with Crippen LogP contribution in [0.3, 0.4) is 0 Å². The van der Waals surface area contributed by atoms with E-state index in [1.807, 2.05) is 30.3 Å². The molecule has 0 saturated carbocycles. The van der Waals surface area contributed by atoms with Gasteiger partial charge in [-0.15, -0.1) is 0 Å². The van der Waals surface area contributed by atoms with Crippen molar-refractivity contribution in [1.29, 1.82) is 0 Å². The number of hydrogen-bond donors (Lipinski definition) is 4. The van der Waals surface area contributed by atoms with Crippen LogP contribution in [-0.2, 0) is 30.8 Å². The highest BCUT2D eigenvalue weighted by Gasteiger charge is 2.39. The third-order valence-electron chi connectivity index (χ3n) is 6.04. The summed E-state index contributed by atoms with van der Waals surface area (Å²) in [6.07, 6.45) is -0.400. The molecule has 2 atom stereocenters. The smallest absolute Gasteiger partial charge is 0.475 e. The van der Waals surface area contributed by atoms with Crippen LogP contribution in [0.1, 0.15) is 31.2 Å². The number of benzene rings is 1. The maximum atomic E-state index is 13.3. The number of carbonyl (C=O) groups excluding carboxylic acids is 2. The van der Waals surface area contributed by atoms with Gasteiger partial charge in [-0.2, -0.15) is 13.2 Å². The molecule has 10 nitrogen and oxygen atoms in total. The second-order valence-corrected chi connectivity index (χ2v) is 10.8. The standard InChI is InChI=1S/C21H32N4O4S.C2HF3O2/c1-30(28,29)24-18(14-16-6-3-2-4-7-16)21(27)25-13-5-8-19(25)20(26)23-15-17-9-11-22-12-10-17;3-2(4,5)1(6)7/h2-4,6-7,17-19,22,24H,5,8-15H2,1H3,(H,23,26);(H,6,7)/t18-,19+;/m1./s1. The van der Waals surface area contributed by atoms with E-state index in [2.05, 4.69) is 15.4 Å². The van der Waals surface area contributed by atoms with Crippen molar-refractivity contribution >= 4 is 27.8 Å². The highest BCUT2D eigenvalue weighted by atomic mass is 32.2. The van der Waals surface area contributed by atoms with Crippen LogP contribution in [-0.4, -0.2) is 86.9 Å². The summed E-state index contributed by atoms with van der Waals surface area (Å²) in [5.74, 6) is -2.79. The van der Waals surface area contributed by atoms with Crippen LogP contribution in [0, 0.1) is 5.92 Å². The third kappa shape index (κ3) is 10.7. The predicted molar refractivity (Wildman–Crippen MR) is 129 cm³/mol. The Hall–Kier alpha value is -2.71. The van der Waals surface area contributed by atoms with E-state index in [0.717, 1.165) is 44.2 Å². The van der Waals surface area contributed by atoms with Crippen LogP contribution in [0.4, 0.5) is 13.2 Å². The van der Waals surface area contributed by atoms with Crippen LogP contribution in [0.15, 0.2) is 30.3 Å². The highest BCUT2D eigenvalue weighted by molar-refractivity contribution is 7.88. The molecule has 2 aliphatic heterocycles. The van der Waals surface area contributed by atoms with E-state index in [-0.39, 0.29) is 18.2 Å². The second kappa shape index (κ2) is 13.7. The lowest BCUT2D eigenvalue weighted by Crippen LogP contribution is -2.54. The van der Waals surface area contributed by atoms with E-state index in [0.29, 0.717) is 25.4 Å². The molecule has 2 fully saturated rings. The van der Waals surface area contributed by atoms with Gasteiger partial charge in [0.2, 0.25) is 21.8 Å². The number of sulfonamides is 1. The molecule has 2 saturated heterocycles. The molecule has 1 aromatic carbocycles. The topological polar surface area (TPSA) is 145 Å². The lowest BCUT2D eigenvalue weighted by Gasteiger charge is -2.29. The molecule has 37 heavy (non-hydrogen) atoms. The summed E-state index contributed by atoms with van der Waals surface area (Å²) in [7, 11) is -3.58. The molecule has 4 N–H and O–H groups in total. The first-order chi connectivity index (χ1) is 17.3. The monoisotopic (exact) mass is 550 g/mol. The summed E-state index contributed by atoms with van der Waals surface area (Å²) in [6, 6.07) is 7.82. The average Bonchev–Trinajstić information content (AvgIpc) is 3.32. The molecule has 0 bridgehead atoms. The number of likely N-dealkylation sites (tertiary alicyclic amines) is 1. The molecule has 0 radical (unpaired) electrons. The Morgan fingerprint density at radius 2 is 1.73 bits per heavy atom. The fraction of sp³-hybridized carbons (Fsp3) is 0.609. The van der Waals surface area contributed by atoms with Crippen molar-refractivity contribution in [2.24, 2.45) is 5.92 Å². The first kappa shape index (κ1) is 30.5. The van der Waals surface area contributed by atoms with Gasteiger partial charge in [0.1, 0.15) is 12.1 Å². The van der Waals surface area contributed by atoms with Gasteiger partial charge in [0, 0.05) is 13.1 Å². The van der Waals surface area contributed by atoms with Crippen molar-refractivity contribution < 1.29 is 41.1 Å². The maximum Gasteiger partial charge on any atom is 0.490 e. The molecule has 0 aromatic heterocycles. The Bertz CT molecular complexity index is 1020. The Kier molecular flexibility index (Phi) is 11.3. The summed E-state index contributed by atoms with van der Waals surface area (Å²) in [4.78, 5) is 36.5. The fourth-order valence-corrected chi connectivity index (χ4v) is 4.94. The number of piperidine rings is 1. The Morgan fingerprint density at radius 3 is 2.27 bits per heavy atom. The number of carboxylic acid groups (broad SMARTS) is 1. The van der Waals surface area contributed by atoms with Gasteiger partial charge in [0.25, 0.3) is 0 Å². The summed E-state index contributed by atoms with van der Waals surface area (Å²) < 4.78 is 58.0. The van der Waals surface area contributed by atoms with E-state index < -0.39 is 34.3 Å². The fourth-order valence-electron chi connectivity index (χ4n) is 4.24. The Labute approximate surface area is 214 Å². The number of aliphatic carboxylic acids is 1. The van der Waals surface area contributed by atoms with Crippen LogP contribution in [0.25, 0.3) is 0 Å². The van der Waals surface area contributed by atoms with E-state index in [1.54, 1.807) is 4.90 Å². The predicted octanol–water partition coefficient (Wildman–Crippen LogP) is 0.887. The maximum absolute atomic E-state index is 13.3. The van der Waals surface area contributed by atoms with Crippen LogP contribution in [0.5, 0.6) is 0 Å². The number of nitrogens with one attached hydrogen (secondary N) is 3. The number of rotatable bonds is 8. The van der Waals surface area contributed by atoms with Gasteiger partial charge in [0.05, 0.1) is 6.26 Å². The lowest BCUT2D eigenvalue weighted by atomic mass is 9.98. The summed E-state index contributed by atoms with van der Waals surface area (Å²) in [6.45, 7) is 3.01. The van der Waals surface area contributed by atoms with Gasteiger partial charge in [-0.25, -0.2) is 17.9 Å². The summed E-state index contributed by atoms with van der Waals surface area (Å²) >= 11 is 0. The van der Waals surface area contributed by atoms with E-state index in [1.165, 1.54) is 0 Å². The first-order valence-corrected chi connectivity index (χ1v) is 13.8. The lowest BCUT2D eigenvalue weighted by molar-refractivity contribution is -0.192. The van der Waals surface area contributed by atoms with Gasteiger partial charge >= 0.3 is 12.1 Å². The van der Waals surface area contributed by atoms with Crippen molar-refractivity contribution in [2.75, 3.05) is 32.4 Å². The normalized spacial score (nSPS) is 19.5. The minimum Gasteiger partial charge on any atom is -0.475 e. The van der Waals surface area contributed by atoms with Gasteiger partial charge in [-0.05, 0) is 56.7 Å². The van der Waals surface area contributed by atoms with Gasteiger partial charge in [-0.1, -0.05) is 30.3 Å². The van der Waals surface area contributed by atoms with Crippen molar-refractivity contribution in [3.8, 4) is 0 Å². The molecule has 208 valence electrons. The summed E-state index contributed by atoms with van der Waals surface area (Å²) in [5.41, 5.74) is 0.859. The molecule has 0 unspecified atom stereocenters. The number of amides is 2. The number of carboxylic acids is 1. The molecule has 14 heteroatoms. The largest absolute Gasteiger partial charge is 0.490 e. The molecule has 2 amide bonds. The molecule has 3 rings (SSSR count). The Balaban J connectivity index is 0.000000604. The van der Waals surface area contributed by atoms with Crippen LogP contribution < -0.4 is 15.4 Å². The van der Waals surface area contributed by atoms with Crippen LogP contribution >= 0.6 is 0 Å². The third-order valence-corrected chi connectivity index (χ3v) is 6.75. The second-order valence-electron chi connectivity index (χ2n) is 9.06. The number of nitrogens with zero attached hydrogens (tertiary/aromatic N) is 1. The van der Waals surface area contributed by atoms with Crippen LogP contribution in [0.2, 0.25) is 0 Å². The SMILES string of the molecule is CS(=O)(=O)N[C@H](Cc1ccccc1)C(=O)N1CCC[C@H]1C(=O)NCC1CCNCC1.O=C(O)C(F)(F)F. The molecular formula is C23H33F3N4O6S. The molecule has 2 aliphatic rings. The van der Waals surface area contributed by atoms with E-state index in [4.69, 9.17) is 9.90 Å². The van der Waals surface area contributed by atoms with Crippen molar-refractivity contribution in [2.45, 2.75) is 50.4 Å². The molecule has 1 aromatic rings. The highest BCUT2D eigenvalue weighted by Crippen LogP contribution is 2.20. The number of carbonyl (C=O) groups is 3. The minimum atomic E-state index is -5.08. The van der Waals surface area contributed by atoms with Gasteiger partial charge in [-0.3, -0.25) is 9.59 Å². The molecule has 2 heterocycles. The molecule has 0 aliphatic carbocycles. The van der Waals surface area contributed by atoms with Gasteiger partial charge < -0.3 is 20.6 Å². The zero-order valence-electron chi connectivity index (χ0n) is 20.5. The zero-order chi connectivity index (χ0) is 27.6. The summed E-state index contributed by atoms with van der Waals surface area (Å²) in [5, 5.41) is 13.5.